The highest BCUT2D eigenvalue weighted by Gasteiger charge is 2.25. The standard InChI is InChI=1S/C20H22O3/c1-2-22-20(21)13-17-9-8-16-12-18(10-11-19(16)17)23-14-15-6-4-3-5-7-15/h3-7,10-12,17H,2,8-9,13-14H2,1H3. The maximum Gasteiger partial charge on any atom is 0.306 e. The zero-order valence-corrected chi connectivity index (χ0v) is 13.5. The summed E-state index contributed by atoms with van der Waals surface area (Å²) in [6.07, 6.45) is 2.49. The topological polar surface area (TPSA) is 35.5 Å². The SMILES string of the molecule is CCOC(=O)CC1CCc2cc(OCc3ccccc3)ccc21. The number of esters is 1. The third-order valence-corrected chi connectivity index (χ3v) is 4.28. The van der Waals surface area contributed by atoms with E-state index in [1.54, 1.807) is 0 Å². The van der Waals surface area contributed by atoms with Crippen LogP contribution in [0.25, 0.3) is 0 Å². The lowest BCUT2D eigenvalue weighted by molar-refractivity contribution is -0.143. The highest BCUT2D eigenvalue weighted by molar-refractivity contribution is 5.71. The van der Waals surface area contributed by atoms with Crippen LogP contribution in [-0.4, -0.2) is 12.6 Å². The molecule has 1 atom stereocenters. The van der Waals surface area contributed by atoms with E-state index in [0.29, 0.717) is 19.6 Å². The van der Waals surface area contributed by atoms with Crippen molar-refractivity contribution in [3.63, 3.8) is 0 Å². The van der Waals surface area contributed by atoms with Crippen molar-refractivity contribution in [2.75, 3.05) is 6.61 Å². The monoisotopic (exact) mass is 310 g/mol. The van der Waals surface area contributed by atoms with Gasteiger partial charge in [-0.25, -0.2) is 0 Å². The quantitative estimate of drug-likeness (QED) is 0.748. The molecule has 1 aliphatic carbocycles. The summed E-state index contributed by atoms with van der Waals surface area (Å²) >= 11 is 0. The second-order valence-corrected chi connectivity index (χ2v) is 5.88. The lowest BCUT2D eigenvalue weighted by Gasteiger charge is -2.12. The van der Waals surface area contributed by atoms with E-state index in [4.69, 9.17) is 9.47 Å². The van der Waals surface area contributed by atoms with E-state index < -0.39 is 0 Å². The molecule has 0 spiro atoms. The molecule has 3 nitrogen and oxygen atoms in total. The average Bonchev–Trinajstić information content (AvgIpc) is 2.96. The number of carbonyl (C=O) groups excluding carboxylic acids is 1. The molecule has 3 rings (SSSR count). The van der Waals surface area contributed by atoms with Crippen molar-refractivity contribution < 1.29 is 14.3 Å². The van der Waals surface area contributed by atoms with Crippen LogP contribution in [0.3, 0.4) is 0 Å². The maximum atomic E-state index is 11.7. The van der Waals surface area contributed by atoms with Gasteiger partial charge in [0.15, 0.2) is 0 Å². The van der Waals surface area contributed by atoms with Gasteiger partial charge >= 0.3 is 5.97 Å². The minimum absolute atomic E-state index is 0.102. The van der Waals surface area contributed by atoms with Gasteiger partial charge < -0.3 is 9.47 Å². The number of ether oxygens (including phenoxy) is 2. The lowest BCUT2D eigenvalue weighted by Crippen LogP contribution is -2.08. The van der Waals surface area contributed by atoms with Crippen LogP contribution in [0, 0.1) is 0 Å². The zero-order chi connectivity index (χ0) is 16.1. The fraction of sp³-hybridized carbons (Fsp3) is 0.350. The van der Waals surface area contributed by atoms with Crippen molar-refractivity contribution in [3.8, 4) is 5.75 Å². The second kappa shape index (κ2) is 7.32. The second-order valence-electron chi connectivity index (χ2n) is 5.88. The third kappa shape index (κ3) is 3.92. The van der Waals surface area contributed by atoms with Gasteiger partial charge in [0.25, 0.3) is 0 Å². The molecule has 0 fully saturated rings. The van der Waals surface area contributed by atoms with Gasteiger partial charge in [-0.2, -0.15) is 0 Å². The Labute approximate surface area is 137 Å². The van der Waals surface area contributed by atoms with Crippen LogP contribution in [0.15, 0.2) is 48.5 Å². The minimum atomic E-state index is -0.102. The Hall–Kier alpha value is -2.29. The van der Waals surface area contributed by atoms with Crippen molar-refractivity contribution in [1.29, 1.82) is 0 Å². The molecule has 0 N–H and O–H groups in total. The summed E-state index contributed by atoms with van der Waals surface area (Å²) < 4.78 is 10.9. The van der Waals surface area contributed by atoms with Crippen molar-refractivity contribution in [1.82, 2.24) is 0 Å². The first-order chi connectivity index (χ1) is 11.3. The summed E-state index contributed by atoms with van der Waals surface area (Å²) in [6.45, 7) is 2.87. The molecule has 0 aliphatic heterocycles. The van der Waals surface area contributed by atoms with Crippen LogP contribution < -0.4 is 4.74 Å². The number of benzene rings is 2. The molecule has 3 heteroatoms. The predicted molar refractivity (Wildman–Crippen MR) is 89.5 cm³/mol. The Bertz CT molecular complexity index is 664. The molecular weight excluding hydrogens is 288 g/mol. The van der Waals surface area contributed by atoms with E-state index in [1.165, 1.54) is 11.1 Å². The van der Waals surface area contributed by atoms with Gasteiger partial charge in [0.2, 0.25) is 0 Å². The Morgan fingerprint density at radius 3 is 2.78 bits per heavy atom. The summed E-state index contributed by atoms with van der Waals surface area (Å²) in [4.78, 5) is 11.7. The molecule has 0 saturated heterocycles. The van der Waals surface area contributed by atoms with Crippen LogP contribution in [-0.2, 0) is 22.6 Å². The first kappa shape index (κ1) is 15.6. The van der Waals surface area contributed by atoms with E-state index in [0.717, 1.165) is 24.2 Å². The molecule has 23 heavy (non-hydrogen) atoms. The van der Waals surface area contributed by atoms with Crippen molar-refractivity contribution >= 4 is 5.97 Å². The molecular formula is C20H22O3. The highest BCUT2D eigenvalue weighted by atomic mass is 16.5. The Kier molecular flexibility index (Phi) is 4.96. The minimum Gasteiger partial charge on any atom is -0.489 e. The molecule has 0 bridgehead atoms. The number of carbonyl (C=O) groups is 1. The molecule has 0 aromatic heterocycles. The number of fused-ring (bicyclic) bond motifs is 1. The zero-order valence-electron chi connectivity index (χ0n) is 13.5. The summed E-state index contributed by atoms with van der Waals surface area (Å²) in [6, 6.07) is 16.4. The van der Waals surface area contributed by atoms with Gasteiger partial charge in [-0.05, 0) is 54.5 Å². The molecule has 0 heterocycles. The van der Waals surface area contributed by atoms with Crippen molar-refractivity contribution in [3.05, 3.63) is 65.2 Å². The Morgan fingerprint density at radius 1 is 1.17 bits per heavy atom. The summed E-state index contributed by atoms with van der Waals surface area (Å²) in [5, 5.41) is 0. The van der Waals surface area contributed by atoms with Crippen LogP contribution in [0.2, 0.25) is 0 Å². The van der Waals surface area contributed by atoms with E-state index >= 15 is 0 Å². The van der Waals surface area contributed by atoms with Crippen LogP contribution in [0.4, 0.5) is 0 Å². The summed E-state index contributed by atoms with van der Waals surface area (Å²) in [7, 11) is 0. The fourth-order valence-corrected chi connectivity index (χ4v) is 3.15. The van der Waals surface area contributed by atoms with Crippen LogP contribution in [0.5, 0.6) is 5.75 Å². The van der Waals surface area contributed by atoms with E-state index in [1.807, 2.05) is 31.2 Å². The Morgan fingerprint density at radius 2 is 2.00 bits per heavy atom. The van der Waals surface area contributed by atoms with Gasteiger partial charge in [-0.3, -0.25) is 4.79 Å². The predicted octanol–water partition coefficient (Wildman–Crippen LogP) is 4.25. The van der Waals surface area contributed by atoms with Gasteiger partial charge in [-0.1, -0.05) is 36.4 Å². The highest BCUT2D eigenvalue weighted by Crippen LogP contribution is 2.37. The van der Waals surface area contributed by atoms with Gasteiger partial charge in [0.1, 0.15) is 12.4 Å². The lowest BCUT2D eigenvalue weighted by atomic mass is 9.98. The molecule has 1 aliphatic rings. The van der Waals surface area contributed by atoms with E-state index in [9.17, 15) is 4.79 Å². The molecule has 120 valence electrons. The average molecular weight is 310 g/mol. The third-order valence-electron chi connectivity index (χ3n) is 4.28. The molecule has 0 saturated carbocycles. The molecule has 0 amide bonds. The van der Waals surface area contributed by atoms with Crippen molar-refractivity contribution in [2.24, 2.45) is 0 Å². The normalized spacial score (nSPS) is 16.0. The van der Waals surface area contributed by atoms with Gasteiger partial charge in [0, 0.05) is 0 Å². The smallest absolute Gasteiger partial charge is 0.306 e. The number of rotatable bonds is 6. The number of aryl methyl sites for hydroxylation is 1. The summed E-state index contributed by atoms with van der Waals surface area (Å²) in [5.74, 6) is 1.08. The van der Waals surface area contributed by atoms with Crippen LogP contribution >= 0.6 is 0 Å². The van der Waals surface area contributed by atoms with Crippen LogP contribution in [0.1, 0.15) is 42.4 Å². The van der Waals surface area contributed by atoms with Gasteiger partial charge in [-0.15, -0.1) is 0 Å². The Balaban J connectivity index is 1.63. The van der Waals surface area contributed by atoms with E-state index in [2.05, 4.69) is 24.3 Å². The number of hydrogen-bond donors (Lipinski definition) is 0. The number of hydrogen-bond acceptors (Lipinski definition) is 3. The molecule has 2 aromatic rings. The fourth-order valence-electron chi connectivity index (χ4n) is 3.15. The van der Waals surface area contributed by atoms with Crippen molar-refractivity contribution in [2.45, 2.75) is 38.7 Å². The molecule has 1 unspecified atom stereocenters. The maximum absolute atomic E-state index is 11.7. The first-order valence-electron chi connectivity index (χ1n) is 8.21. The summed E-state index contributed by atoms with van der Waals surface area (Å²) in [5.41, 5.74) is 3.73. The largest absolute Gasteiger partial charge is 0.489 e. The molecule has 2 aromatic carbocycles. The van der Waals surface area contributed by atoms with E-state index in [-0.39, 0.29) is 11.9 Å². The molecule has 0 radical (unpaired) electrons. The van der Waals surface area contributed by atoms with Gasteiger partial charge in [0.05, 0.1) is 13.0 Å². The first-order valence-corrected chi connectivity index (χ1v) is 8.21.